The molecule has 0 bridgehead atoms. The number of hydrogen-bond acceptors (Lipinski definition) is 5. The Hall–Kier alpha value is -3.04. The van der Waals surface area contributed by atoms with E-state index in [2.05, 4.69) is 10.6 Å². The number of amides is 2. The van der Waals surface area contributed by atoms with Crippen molar-refractivity contribution in [1.29, 1.82) is 0 Å². The maximum absolute atomic E-state index is 13.2. The molecule has 2 N–H and O–H groups in total. The van der Waals surface area contributed by atoms with Crippen LogP contribution in [0.3, 0.4) is 0 Å². The Morgan fingerprint density at radius 2 is 1.57 bits per heavy atom. The van der Waals surface area contributed by atoms with Crippen LogP contribution in [-0.2, 0) is 26.0 Å². The molecule has 0 saturated carbocycles. The van der Waals surface area contributed by atoms with Crippen LogP contribution in [0.15, 0.2) is 77.0 Å². The third-order valence-corrected chi connectivity index (χ3v) is 7.56. The summed E-state index contributed by atoms with van der Waals surface area (Å²) in [5.74, 6) is -2.34. The van der Waals surface area contributed by atoms with Gasteiger partial charge in [0.25, 0.3) is 0 Å². The highest BCUT2D eigenvalue weighted by molar-refractivity contribution is 7.91. The number of rotatable bonds is 7. The topological polar surface area (TPSA) is 92.3 Å². The minimum Gasteiger partial charge on any atom is -0.346 e. The lowest BCUT2D eigenvalue weighted by atomic mass is 10.2. The van der Waals surface area contributed by atoms with E-state index in [0.29, 0.717) is 4.88 Å². The van der Waals surface area contributed by atoms with Crippen molar-refractivity contribution in [1.82, 2.24) is 10.6 Å². The standard InChI is InChI=1S/C21H19FN2O4S2/c22-16-8-10-17(11-9-16)30(27,28)19(18-7-4-12-29-18)14-24-21(26)20(25)23-13-15-5-2-1-3-6-15/h1-12,19H,13-14H2,(H,23,25)(H,24,26)/t19-/m1/s1. The number of halogens is 1. The molecule has 0 fully saturated rings. The molecule has 156 valence electrons. The molecule has 3 rings (SSSR count). The molecule has 0 aliphatic heterocycles. The predicted octanol–water partition coefficient (Wildman–Crippen LogP) is 2.83. The molecule has 2 aromatic carbocycles. The molecule has 0 spiro atoms. The van der Waals surface area contributed by atoms with Gasteiger partial charge in [-0.15, -0.1) is 11.3 Å². The third-order valence-electron chi connectivity index (χ3n) is 4.33. The van der Waals surface area contributed by atoms with Gasteiger partial charge in [-0.1, -0.05) is 36.4 Å². The summed E-state index contributed by atoms with van der Waals surface area (Å²) in [6.07, 6.45) is 0. The lowest BCUT2D eigenvalue weighted by molar-refractivity contribution is -0.139. The first-order chi connectivity index (χ1) is 14.4. The second-order valence-corrected chi connectivity index (χ2v) is 9.49. The summed E-state index contributed by atoms with van der Waals surface area (Å²) in [5, 5.41) is 5.51. The summed E-state index contributed by atoms with van der Waals surface area (Å²) < 4.78 is 39.3. The zero-order valence-corrected chi connectivity index (χ0v) is 17.4. The van der Waals surface area contributed by atoms with Gasteiger partial charge < -0.3 is 10.6 Å². The van der Waals surface area contributed by atoms with Crippen molar-refractivity contribution in [3.05, 3.63) is 88.4 Å². The summed E-state index contributed by atoms with van der Waals surface area (Å²) in [4.78, 5) is 24.7. The molecule has 1 aromatic heterocycles. The Bertz CT molecular complexity index is 1100. The highest BCUT2D eigenvalue weighted by Gasteiger charge is 2.31. The Morgan fingerprint density at radius 1 is 0.900 bits per heavy atom. The van der Waals surface area contributed by atoms with E-state index in [-0.39, 0.29) is 18.0 Å². The minimum atomic E-state index is -3.92. The molecule has 6 nitrogen and oxygen atoms in total. The first-order valence-corrected chi connectivity index (χ1v) is 11.4. The van der Waals surface area contributed by atoms with E-state index in [1.54, 1.807) is 29.6 Å². The van der Waals surface area contributed by atoms with Crippen molar-refractivity contribution in [2.75, 3.05) is 6.54 Å². The number of thiophene rings is 1. The van der Waals surface area contributed by atoms with Gasteiger partial charge in [0, 0.05) is 18.0 Å². The SMILES string of the molecule is O=C(NCc1ccccc1)C(=O)NC[C@H](c1cccs1)S(=O)(=O)c1ccc(F)cc1. The fourth-order valence-corrected chi connectivity index (χ4v) is 5.53. The normalized spacial score (nSPS) is 12.2. The van der Waals surface area contributed by atoms with Crippen molar-refractivity contribution in [2.24, 2.45) is 0 Å². The van der Waals surface area contributed by atoms with Gasteiger partial charge in [0.1, 0.15) is 11.1 Å². The molecule has 0 unspecified atom stereocenters. The maximum atomic E-state index is 13.2. The van der Waals surface area contributed by atoms with E-state index in [1.807, 2.05) is 18.2 Å². The van der Waals surface area contributed by atoms with Gasteiger partial charge in [0.05, 0.1) is 4.90 Å². The predicted molar refractivity (Wildman–Crippen MR) is 112 cm³/mol. The zero-order chi connectivity index (χ0) is 21.6. The van der Waals surface area contributed by atoms with Crippen molar-refractivity contribution in [3.63, 3.8) is 0 Å². The van der Waals surface area contributed by atoms with Crippen LogP contribution < -0.4 is 10.6 Å². The van der Waals surface area contributed by atoms with Gasteiger partial charge in [-0.25, -0.2) is 12.8 Å². The van der Waals surface area contributed by atoms with Crippen molar-refractivity contribution >= 4 is 33.0 Å². The van der Waals surface area contributed by atoms with Crippen molar-refractivity contribution in [2.45, 2.75) is 16.7 Å². The second-order valence-electron chi connectivity index (χ2n) is 6.38. The Morgan fingerprint density at radius 3 is 2.20 bits per heavy atom. The van der Waals surface area contributed by atoms with Gasteiger partial charge in [-0.2, -0.15) is 0 Å². The fourth-order valence-electron chi connectivity index (χ4n) is 2.75. The van der Waals surface area contributed by atoms with Crippen LogP contribution in [0, 0.1) is 5.82 Å². The molecule has 0 radical (unpaired) electrons. The van der Waals surface area contributed by atoms with Crippen molar-refractivity contribution in [3.8, 4) is 0 Å². The van der Waals surface area contributed by atoms with E-state index < -0.39 is 32.7 Å². The quantitative estimate of drug-likeness (QED) is 0.431. The van der Waals surface area contributed by atoms with E-state index in [9.17, 15) is 22.4 Å². The average Bonchev–Trinajstić information content (AvgIpc) is 3.27. The van der Waals surface area contributed by atoms with Gasteiger partial charge in [0.2, 0.25) is 0 Å². The van der Waals surface area contributed by atoms with Gasteiger partial charge in [-0.3, -0.25) is 9.59 Å². The second kappa shape index (κ2) is 9.64. The summed E-state index contributed by atoms with van der Waals surface area (Å²) in [6.45, 7) is -0.118. The number of carbonyl (C=O) groups excluding carboxylic acids is 2. The zero-order valence-electron chi connectivity index (χ0n) is 15.7. The first-order valence-electron chi connectivity index (χ1n) is 9.01. The maximum Gasteiger partial charge on any atom is 0.309 e. The first kappa shape index (κ1) is 21.7. The van der Waals surface area contributed by atoms with Gasteiger partial charge in [0.15, 0.2) is 9.84 Å². The van der Waals surface area contributed by atoms with Crippen LogP contribution in [0.25, 0.3) is 0 Å². The molecular weight excluding hydrogens is 427 g/mol. The number of sulfone groups is 1. The highest BCUT2D eigenvalue weighted by atomic mass is 32.2. The van der Waals surface area contributed by atoms with E-state index >= 15 is 0 Å². The fraction of sp³-hybridized carbons (Fsp3) is 0.143. The number of hydrogen-bond donors (Lipinski definition) is 2. The monoisotopic (exact) mass is 446 g/mol. The van der Waals surface area contributed by atoms with Gasteiger partial charge in [-0.05, 0) is 41.3 Å². The molecule has 3 aromatic rings. The van der Waals surface area contributed by atoms with Crippen LogP contribution in [0.4, 0.5) is 4.39 Å². The molecule has 0 aliphatic rings. The van der Waals surface area contributed by atoms with Crippen LogP contribution in [0.5, 0.6) is 0 Å². The van der Waals surface area contributed by atoms with E-state index in [4.69, 9.17) is 0 Å². The Kier molecular flexibility index (Phi) is 6.96. The average molecular weight is 447 g/mol. The number of carbonyl (C=O) groups is 2. The van der Waals surface area contributed by atoms with Crippen molar-refractivity contribution < 1.29 is 22.4 Å². The number of benzene rings is 2. The molecular formula is C21H19FN2O4S2. The Balaban J connectivity index is 1.69. The smallest absolute Gasteiger partial charge is 0.309 e. The molecule has 0 aliphatic carbocycles. The third kappa shape index (κ3) is 5.31. The molecule has 1 atom stereocenters. The lowest BCUT2D eigenvalue weighted by Crippen LogP contribution is -2.42. The van der Waals surface area contributed by atoms with Crippen LogP contribution >= 0.6 is 11.3 Å². The van der Waals surface area contributed by atoms with Gasteiger partial charge >= 0.3 is 11.8 Å². The lowest BCUT2D eigenvalue weighted by Gasteiger charge is -2.17. The molecule has 9 heteroatoms. The molecule has 30 heavy (non-hydrogen) atoms. The molecule has 2 amide bonds. The molecule has 0 saturated heterocycles. The number of nitrogens with one attached hydrogen (secondary N) is 2. The summed E-state index contributed by atoms with van der Waals surface area (Å²) in [5.41, 5.74) is 0.828. The van der Waals surface area contributed by atoms with Crippen LogP contribution in [0.2, 0.25) is 0 Å². The summed E-state index contributed by atoms with van der Waals surface area (Å²) >= 11 is 1.22. The minimum absolute atomic E-state index is 0.0647. The Labute approximate surface area is 177 Å². The highest BCUT2D eigenvalue weighted by Crippen LogP contribution is 2.31. The summed E-state index contributed by atoms with van der Waals surface area (Å²) in [6, 6.07) is 16.9. The van der Waals surface area contributed by atoms with E-state index in [0.717, 1.165) is 17.7 Å². The largest absolute Gasteiger partial charge is 0.346 e. The van der Waals surface area contributed by atoms with Crippen LogP contribution in [-0.4, -0.2) is 26.8 Å². The van der Waals surface area contributed by atoms with E-state index in [1.165, 1.54) is 23.5 Å². The molecule has 1 heterocycles. The summed E-state index contributed by atoms with van der Waals surface area (Å²) in [7, 11) is -3.92. The van der Waals surface area contributed by atoms with Crippen LogP contribution in [0.1, 0.15) is 15.7 Å².